The fraction of sp³-hybridized carbons (Fsp3) is 0.514. The highest BCUT2D eigenvalue weighted by Crippen LogP contribution is 2.29. The minimum atomic E-state index is -1.56. The van der Waals surface area contributed by atoms with Gasteiger partial charge in [0.15, 0.2) is 12.2 Å². The van der Waals surface area contributed by atoms with Crippen molar-refractivity contribution in [3.63, 3.8) is 0 Å². The standard InChI is InChI=1S/C35H47ClN6O10S/c1-33(2,3)49-29(45)24(52-40-26(28(43)44)25-27(36)53-30(38-25)39-32(47)51-35(7,8)9)20-48-23-14-12-21(13-15-23)22-18-41(10)42(19-22)17-11-16-37-31(46)50-34(4,5)6/h12-15,18-19,24H,11,16-17,20H2,1-10H3,(H2-,37,38,39,43,44,46,47)/p+1/b40-26-. The summed E-state index contributed by atoms with van der Waals surface area (Å²) in [6.45, 7) is 16.2. The summed E-state index contributed by atoms with van der Waals surface area (Å²) < 4.78 is 25.6. The van der Waals surface area contributed by atoms with Crippen molar-refractivity contribution < 1.29 is 52.8 Å². The lowest BCUT2D eigenvalue weighted by molar-refractivity contribution is -0.753. The molecule has 2 heterocycles. The number of oxime groups is 1. The smallest absolute Gasteiger partial charge is 0.413 e. The van der Waals surface area contributed by atoms with Gasteiger partial charge in [-0.15, -0.1) is 4.68 Å². The summed E-state index contributed by atoms with van der Waals surface area (Å²) in [6, 6.07) is 7.11. The number of ether oxygens (including phenoxy) is 4. The van der Waals surface area contributed by atoms with Gasteiger partial charge in [0.2, 0.25) is 11.9 Å². The molecule has 2 aromatic heterocycles. The van der Waals surface area contributed by atoms with Crippen LogP contribution in [0.2, 0.25) is 4.34 Å². The van der Waals surface area contributed by atoms with Crippen LogP contribution in [0.1, 0.15) is 74.4 Å². The molecule has 1 atom stereocenters. The summed E-state index contributed by atoms with van der Waals surface area (Å²) in [4.78, 5) is 58.8. The number of hydrogen-bond donors (Lipinski definition) is 3. The minimum absolute atomic E-state index is 0.0402. The van der Waals surface area contributed by atoms with Gasteiger partial charge in [-0.05, 0) is 86.4 Å². The van der Waals surface area contributed by atoms with Crippen molar-refractivity contribution in [1.82, 2.24) is 15.0 Å². The molecule has 3 aromatic rings. The van der Waals surface area contributed by atoms with E-state index in [-0.39, 0.29) is 21.8 Å². The largest absolute Gasteiger partial charge is 0.489 e. The van der Waals surface area contributed by atoms with E-state index in [1.807, 2.05) is 61.7 Å². The van der Waals surface area contributed by atoms with Gasteiger partial charge in [-0.3, -0.25) is 5.32 Å². The first-order valence-corrected chi connectivity index (χ1v) is 17.8. The summed E-state index contributed by atoms with van der Waals surface area (Å²) in [7, 11) is 1.92. The Kier molecular flexibility index (Phi) is 14.2. The van der Waals surface area contributed by atoms with Gasteiger partial charge in [0, 0.05) is 6.54 Å². The molecule has 290 valence electrons. The van der Waals surface area contributed by atoms with E-state index in [0.29, 0.717) is 25.3 Å². The molecule has 0 radical (unpaired) electrons. The number of hydrogen-bond acceptors (Lipinski definition) is 12. The Morgan fingerprint density at radius 1 is 0.943 bits per heavy atom. The molecule has 16 nitrogen and oxygen atoms in total. The molecule has 18 heteroatoms. The number of amides is 2. The SMILES string of the molecule is C[n+]1cc(-c2ccc(OCC(O/N=C(\C(=O)O)c3nc(NC(=O)OC(C)(C)C)sc3Cl)C(=O)OC(C)(C)C)cc2)cn1CCCNC(=O)OC(C)(C)C. The summed E-state index contributed by atoms with van der Waals surface area (Å²) in [5, 5.41) is 18.7. The van der Waals surface area contributed by atoms with Gasteiger partial charge >= 0.3 is 24.1 Å². The van der Waals surface area contributed by atoms with E-state index in [0.717, 1.165) is 22.5 Å². The van der Waals surface area contributed by atoms with Crippen molar-refractivity contribution in [2.24, 2.45) is 12.2 Å². The minimum Gasteiger partial charge on any atom is -0.489 e. The topological polar surface area (TPSA) is 193 Å². The fourth-order valence-electron chi connectivity index (χ4n) is 4.29. The summed E-state index contributed by atoms with van der Waals surface area (Å²) >= 11 is 7.04. The van der Waals surface area contributed by atoms with Crippen molar-refractivity contribution >= 4 is 57.9 Å². The van der Waals surface area contributed by atoms with Gasteiger partial charge in [0.25, 0.3) is 6.10 Å². The third-order valence-corrected chi connectivity index (χ3v) is 7.57. The highest BCUT2D eigenvalue weighted by molar-refractivity contribution is 7.20. The number of aromatic nitrogens is 3. The van der Waals surface area contributed by atoms with Crippen LogP contribution in [0.3, 0.4) is 0 Å². The maximum Gasteiger partial charge on any atom is 0.413 e. The van der Waals surface area contributed by atoms with Crippen molar-refractivity contribution in [3.05, 3.63) is 46.7 Å². The third-order valence-electron chi connectivity index (χ3n) is 6.40. The van der Waals surface area contributed by atoms with Crippen LogP contribution in [-0.4, -0.2) is 80.7 Å². The Balaban J connectivity index is 1.70. The Bertz CT molecular complexity index is 1790. The van der Waals surface area contributed by atoms with Gasteiger partial charge in [-0.25, -0.2) is 24.2 Å². The zero-order valence-electron chi connectivity index (χ0n) is 31.6. The average molecular weight is 780 g/mol. The number of carboxylic acids is 1. The lowest BCUT2D eigenvalue weighted by atomic mass is 10.1. The molecule has 0 bridgehead atoms. The number of aliphatic carboxylic acids is 1. The molecular weight excluding hydrogens is 732 g/mol. The van der Waals surface area contributed by atoms with Crippen molar-refractivity contribution in [2.45, 2.75) is 98.2 Å². The van der Waals surface area contributed by atoms with E-state index in [9.17, 15) is 24.3 Å². The van der Waals surface area contributed by atoms with Crippen LogP contribution in [0.15, 0.2) is 41.8 Å². The Morgan fingerprint density at radius 2 is 1.55 bits per heavy atom. The molecule has 0 saturated heterocycles. The molecule has 0 fully saturated rings. The van der Waals surface area contributed by atoms with E-state index >= 15 is 0 Å². The molecule has 3 rings (SSSR count). The average Bonchev–Trinajstić information content (AvgIpc) is 3.55. The summed E-state index contributed by atoms with van der Waals surface area (Å²) in [6.07, 6.45) is 1.88. The van der Waals surface area contributed by atoms with Crippen LogP contribution in [0.4, 0.5) is 14.7 Å². The van der Waals surface area contributed by atoms with Crippen LogP contribution in [-0.2, 0) is 42.2 Å². The van der Waals surface area contributed by atoms with Crippen LogP contribution in [0.25, 0.3) is 11.1 Å². The number of carbonyl (C=O) groups excluding carboxylic acids is 3. The number of rotatable bonds is 14. The van der Waals surface area contributed by atoms with Crippen LogP contribution in [0, 0.1) is 0 Å². The molecule has 0 saturated carbocycles. The summed E-state index contributed by atoms with van der Waals surface area (Å²) in [5.41, 5.74) is -1.43. The monoisotopic (exact) mass is 779 g/mol. The lowest BCUT2D eigenvalue weighted by Crippen LogP contribution is -2.39. The zero-order valence-corrected chi connectivity index (χ0v) is 33.1. The number of aryl methyl sites for hydroxylation is 2. The van der Waals surface area contributed by atoms with Gasteiger partial charge in [0.05, 0.1) is 18.3 Å². The maximum absolute atomic E-state index is 13.1. The van der Waals surface area contributed by atoms with E-state index in [1.54, 1.807) is 53.7 Å². The quantitative estimate of drug-likeness (QED) is 0.0438. The number of benzene rings is 1. The van der Waals surface area contributed by atoms with E-state index in [4.69, 9.17) is 35.4 Å². The molecule has 0 aliphatic carbocycles. The number of carbonyl (C=O) groups is 4. The Labute approximate surface area is 317 Å². The third kappa shape index (κ3) is 14.6. The number of carboxylic acid groups (broad SMARTS) is 1. The molecule has 0 aliphatic rings. The van der Waals surface area contributed by atoms with Gasteiger partial charge in [-0.2, -0.15) is 4.68 Å². The van der Waals surface area contributed by atoms with Gasteiger partial charge in [0.1, 0.15) is 39.2 Å². The number of halogens is 1. The maximum atomic E-state index is 13.1. The molecule has 1 aromatic carbocycles. The predicted octanol–water partition coefficient (Wildman–Crippen LogP) is 5.95. The molecular formula is C35H48ClN6O10S+. The number of nitrogens with one attached hydrogen (secondary N) is 2. The Morgan fingerprint density at radius 3 is 2.13 bits per heavy atom. The number of nitrogens with zero attached hydrogens (tertiary/aromatic N) is 4. The second kappa shape index (κ2) is 17.7. The van der Waals surface area contributed by atoms with Crippen molar-refractivity contribution in [3.8, 4) is 16.9 Å². The molecule has 0 aliphatic heterocycles. The Hall–Kier alpha value is -4.90. The number of anilines is 1. The molecule has 1 unspecified atom stereocenters. The zero-order chi connectivity index (χ0) is 39.7. The second-order valence-corrected chi connectivity index (χ2v) is 16.3. The number of thiazole rings is 1. The van der Waals surface area contributed by atoms with Crippen LogP contribution < -0.4 is 20.1 Å². The van der Waals surface area contributed by atoms with E-state index in [2.05, 4.69) is 20.8 Å². The van der Waals surface area contributed by atoms with Crippen LogP contribution >= 0.6 is 22.9 Å². The molecule has 2 amide bonds. The normalized spacial score (nSPS) is 12.8. The van der Waals surface area contributed by atoms with E-state index < -0.39 is 52.7 Å². The van der Waals surface area contributed by atoms with Gasteiger partial charge in [-0.1, -0.05) is 40.2 Å². The number of esters is 1. The molecule has 0 spiro atoms. The molecule has 53 heavy (non-hydrogen) atoms. The highest BCUT2D eigenvalue weighted by atomic mass is 35.5. The first-order valence-electron chi connectivity index (χ1n) is 16.6. The lowest BCUT2D eigenvalue weighted by Gasteiger charge is -2.23. The van der Waals surface area contributed by atoms with Crippen molar-refractivity contribution in [2.75, 3.05) is 18.5 Å². The van der Waals surface area contributed by atoms with Crippen LogP contribution in [0.5, 0.6) is 5.75 Å². The van der Waals surface area contributed by atoms with Crippen molar-refractivity contribution in [1.29, 1.82) is 0 Å². The fourth-order valence-corrected chi connectivity index (χ4v) is 5.32. The first-order chi connectivity index (χ1) is 24.5. The van der Waals surface area contributed by atoms with Gasteiger partial charge < -0.3 is 34.2 Å². The first kappa shape index (κ1) is 42.5. The van der Waals surface area contributed by atoms with E-state index in [1.165, 1.54) is 0 Å². The predicted molar refractivity (Wildman–Crippen MR) is 197 cm³/mol. The summed E-state index contributed by atoms with van der Waals surface area (Å²) in [5.74, 6) is -2.01. The molecule has 3 N–H and O–H groups in total. The number of alkyl carbamates (subject to hydrolysis) is 1. The highest BCUT2D eigenvalue weighted by Gasteiger charge is 2.30. The second-order valence-electron chi connectivity index (χ2n) is 14.7.